The van der Waals surface area contributed by atoms with Gasteiger partial charge in [-0.3, -0.25) is 0 Å². The average molecular weight is 272 g/mol. The van der Waals surface area contributed by atoms with Crippen molar-refractivity contribution in [1.82, 2.24) is 4.98 Å². The van der Waals surface area contributed by atoms with E-state index in [4.69, 9.17) is 0 Å². The van der Waals surface area contributed by atoms with Crippen molar-refractivity contribution in [1.29, 1.82) is 0 Å². The van der Waals surface area contributed by atoms with Gasteiger partial charge in [-0.2, -0.15) is 0 Å². The van der Waals surface area contributed by atoms with Crippen molar-refractivity contribution in [3.63, 3.8) is 0 Å². The Labute approximate surface area is 119 Å². The molecule has 0 amide bonds. The Morgan fingerprint density at radius 3 is 2.75 bits per heavy atom. The molecule has 3 heteroatoms. The van der Waals surface area contributed by atoms with E-state index < -0.39 is 6.17 Å². The summed E-state index contributed by atoms with van der Waals surface area (Å²) in [5.41, 5.74) is 1.40. The molecule has 2 nitrogen and oxygen atoms in total. The van der Waals surface area contributed by atoms with Crippen LogP contribution in [0.15, 0.2) is 30.5 Å². The standard InChI is InChI=1S/C17H21FN2/c1-17(2,3)15-6-4-5-12-9-16(19-10-14(12)15)20-8-7-13(18)11-20/h4-6,9-10,13H,7-8,11H2,1-3H3. The van der Waals surface area contributed by atoms with Gasteiger partial charge in [0.1, 0.15) is 12.0 Å². The lowest BCUT2D eigenvalue weighted by Gasteiger charge is -2.22. The summed E-state index contributed by atoms with van der Waals surface area (Å²) < 4.78 is 13.3. The highest BCUT2D eigenvalue weighted by molar-refractivity contribution is 5.87. The van der Waals surface area contributed by atoms with Gasteiger partial charge in [-0.25, -0.2) is 9.37 Å². The number of alkyl halides is 1. The van der Waals surface area contributed by atoms with Crippen molar-refractivity contribution in [2.75, 3.05) is 18.0 Å². The van der Waals surface area contributed by atoms with Crippen LogP contribution in [0.5, 0.6) is 0 Å². The Bertz CT molecular complexity index is 630. The Morgan fingerprint density at radius 2 is 2.10 bits per heavy atom. The predicted octanol–water partition coefficient (Wildman–Crippen LogP) is 4.08. The molecule has 0 spiro atoms. The van der Waals surface area contributed by atoms with Gasteiger partial charge in [-0.1, -0.05) is 39.0 Å². The Hall–Kier alpha value is -1.64. The third-order valence-corrected chi connectivity index (χ3v) is 4.01. The molecule has 1 fully saturated rings. The minimum Gasteiger partial charge on any atom is -0.354 e. The van der Waals surface area contributed by atoms with Crippen LogP contribution in [0.1, 0.15) is 32.8 Å². The second-order valence-corrected chi connectivity index (χ2v) is 6.65. The van der Waals surface area contributed by atoms with Gasteiger partial charge in [0.2, 0.25) is 0 Å². The molecular formula is C17H21FN2. The summed E-state index contributed by atoms with van der Waals surface area (Å²) in [6.45, 7) is 7.87. The molecule has 1 aromatic heterocycles. The number of fused-ring (bicyclic) bond motifs is 1. The number of anilines is 1. The second-order valence-electron chi connectivity index (χ2n) is 6.65. The fourth-order valence-electron chi connectivity index (χ4n) is 2.91. The van der Waals surface area contributed by atoms with Gasteiger partial charge < -0.3 is 4.90 Å². The summed E-state index contributed by atoms with van der Waals surface area (Å²) in [5, 5.41) is 2.38. The van der Waals surface area contributed by atoms with Crippen molar-refractivity contribution in [3.8, 4) is 0 Å². The zero-order chi connectivity index (χ0) is 14.3. The smallest absolute Gasteiger partial charge is 0.129 e. The molecule has 1 atom stereocenters. The fourth-order valence-corrected chi connectivity index (χ4v) is 2.91. The summed E-state index contributed by atoms with van der Waals surface area (Å²) >= 11 is 0. The first kappa shape index (κ1) is 13.3. The van der Waals surface area contributed by atoms with Gasteiger partial charge in [0.05, 0.1) is 6.54 Å². The first-order chi connectivity index (χ1) is 9.45. The highest BCUT2D eigenvalue weighted by Crippen LogP contribution is 2.31. The van der Waals surface area contributed by atoms with Crippen LogP contribution in [-0.4, -0.2) is 24.2 Å². The van der Waals surface area contributed by atoms with Crippen LogP contribution in [0.4, 0.5) is 10.2 Å². The molecule has 1 aliphatic rings. The topological polar surface area (TPSA) is 16.1 Å². The minimum absolute atomic E-state index is 0.0976. The van der Waals surface area contributed by atoms with E-state index in [9.17, 15) is 4.39 Å². The maximum absolute atomic E-state index is 13.3. The third-order valence-electron chi connectivity index (χ3n) is 4.01. The molecule has 20 heavy (non-hydrogen) atoms. The lowest BCUT2D eigenvalue weighted by atomic mass is 9.84. The zero-order valence-corrected chi connectivity index (χ0v) is 12.4. The van der Waals surface area contributed by atoms with E-state index in [2.05, 4.69) is 50.0 Å². The molecule has 0 radical (unpaired) electrons. The van der Waals surface area contributed by atoms with E-state index in [0.29, 0.717) is 13.0 Å². The van der Waals surface area contributed by atoms with E-state index >= 15 is 0 Å². The summed E-state index contributed by atoms with van der Waals surface area (Å²) in [5.74, 6) is 0.892. The van der Waals surface area contributed by atoms with E-state index in [1.165, 1.54) is 16.3 Å². The van der Waals surface area contributed by atoms with Crippen LogP contribution >= 0.6 is 0 Å². The molecular weight excluding hydrogens is 251 g/mol. The SMILES string of the molecule is CC(C)(C)c1cccc2cc(N3CCC(F)C3)ncc12. The highest BCUT2D eigenvalue weighted by atomic mass is 19.1. The molecule has 0 saturated carbocycles. The molecule has 1 unspecified atom stereocenters. The van der Waals surface area contributed by atoms with Gasteiger partial charge >= 0.3 is 0 Å². The number of aromatic nitrogens is 1. The van der Waals surface area contributed by atoms with Gasteiger partial charge in [-0.05, 0) is 28.9 Å². The molecule has 0 aliphatic carbocycles. The molecule has 1 saturated heterocycles. The molecule has 106 valence electrons. The summed E-state index contributed by atoms with van der Waals surface area (Å²) in [7, 11) is 0. The third kappa shape index (κ3) is 2.37. The number of benzene rings is 1. The molecule has 3 rings (SSSR count). The lowest BCUT2D eigenvalue weighted by Crippen LogP contribution is -2.21. The van der Waals surface area contributed by atoms with Crippen molar-refractivity contribution in [3.05, 3.63) is 36.0 Å². The van der Waals surface area contributed by atoms with Gasteiger partial charge in [-0.15, -0.1) is 0 Å². The molecule has 0 bridgehead atoms. The van der Waals surface area contributed by atoms with Crippen molar-refractivity contribution >= 4 is 16.6 Å². The van der Waals surface area contributed by atoms with Gasteiger partial charge in [0.15, 0.2) is 0 Å². The van der Waals surface area contributed by atoms with Gasteiger partial charge in [0, 0.05) is 18.1 Å². The summed E-state index contributed by atoms with van der Waals surface area (Å²) in [6, 6.07) is 8.45. The maximum Gasteiger partial charge on any atom is 0.129 e. The summed E-state index contributed by atoms with van der Waals surface area (Å²) in [6.07, 6.45) is 1.84. The van der Waals surface area contributed by atoms with Crippen molar-refractivity contribution in [2.45, 2.75) is 38.8 Å². The van der Waals surface area contributed by atoms with E-state index in [0.717, 1.165) is 12.4 Å². The molecule has 1 aliphatic heterocycles. The normalized spacial score (nSPS) is 19.8. The first-order valence-electron chi connectivity index (χ1n) is 7.23. The lowest BCUT2D eigenvalue weighted by molar-refractivity contribution is 0.364. The Kier molecular flexibility index (Phi) is 3.15. The van der Waals surface area contributed by atoms with Crippen molar-refractivity contribution < 1.29 is 4.39 Å². The van der Waals surface area contributed by atoms with Crippen LogP contribution in [0.3, 0.4) is 0 Å². The Balaban J connectivity index is 2.05. The molecule has 1 aromatic carbocycles. The zero-order valence-electron chi connectivity index (χ0n) is 12.4. The van der Waals surface area contributed by atoms with E-state index in [-0.39, 0.29) is 5.41 Å². The van der Waals surface area contributed by atoms with Crippen molar-refractivity contribution in [2.24, 2.45) is 0 Å². The van der Waals surface area contributed by atoms with Crippen LogP contribution in [0.2, 0.25) is 0 Å². The van der Waals surface area contributed by atoms with E-state index in [1.807, 2.05) is 11.1 Å². The summed E-state index contributed by atoms with van der Waals surface area (Å²) in [4.78, 5) is 6.59. The monoisotopic (exact) mass is 272 g/mol. The van der Waals surface area contributed by atoms with E-state index in [1.54, 1.807) is 0 Å². The molecule has 0 N–H and O–H groups in total. The first-order valence-corrected chi connectivity index (χ1v) is 7.23. The van der Waals surface area contributed by atoms with Crippen LogP contribution < -0.4 is 4.90 Å². The quantitative estimate of drug-likeness (QED) is 0.777. The second kappa shape index (κ2) is 4.72. The van der Waals surface area contributed by atoms with Crippen LogP contribution in [-0.2, 0) is 5.41 Å². The number of hydrogen-bond acceptors (Lipinski definition) is 2. The molecule has 2 aromatic rings. The van der Waals surface area contributed by atoms with Crippen LogP contribution in [0, 0.1) is 0 Å². The number of nitrogens with zero attached hydrogens (tertiary/aromatic N) is 2. The maximum atomic E-state index is 13.3. The van der Waals surface area contributed by atoms with Crippen LogP contribution in [0.25, 0.3) is 10.8 Å². The molecule has 2 heterocycles. The Morgan fingerprint density at radius 1 is 1.30 bits per heavy atom. The predicted molar refractivity (Wildman–Crippen MR) is 82.2 cm³/mol. The fraction of sp³-hybridized carbons (Fsp3) is 0.471. The minimum atomic E-state index is -0.714. The average Bonchev–Trinajstić information content (AvgIpc) is 2.83. The number of rotatable bonds is 1. The highest BCUT2D eigenvalue weighted by Gasteiger charge is 2.23. The number of halogens is 1. The number of hydrogen-bond donors (Lipinski definition) is 0. The largest absolute Gasteiger partial charge is 0.354 e. The number of pyridine rings is 1. The van der Waals surface area contributed by atoms with Gasteiger partial charge in [0.25, 0.3) is 0 Å².